The van der Waals surface area contributed by atoms with Gasteiger partial charge in [0.25, 0.3) is 0 Å². The Morgan fingerprint density at radius 3 is 1.89 bits per heavy atom. The number of fused-ring (bicyclic) bond motifs is 1. The lowest BCUT2D eigenvalue weighted by Gasteiger charge is -2.36. The third kappa shape index (κ3) is 6.23. The largest absolute Gasteiger partial charge is 0.444 e. The minimum absolute atomic E-state index is 0.144. The summed E-state index contributed by atoms with van der Waals surface area (Å²) in [7, 11) is 0. The highest BCUT2D eigenvalue weighted by Gasteiger charge is 2.42. The van der Waals surface area contributed by atoms with Crippen LogP contribution in [0.25, 0.3) is 0 Å². The molecule has 0 spiro atoms. The van der Waals surface area contributed by atoms with Crippen LogP contribution >= 0.6 is 0 Å². The topological polar surface area (TPSA) is 145 Å². The Morgan fingerprint density at radius 2 is 1.37 bits per heavy atom. The molecule has 10 heteroatoms. The zero-order chi connectivity index (χ0) is 26.3. The standard InChI is InChI=1S/C25H36N4O6/c1-24(2,3)34-22(32)28-12-16-9-14(7-8-15(16)10-18(28)20(26)30)17-11-19(21(27)31)29(13-17)23(33)35-25(4,5)6/h7-9,17-19H,10-13H2,1-6H3,(H2,26,30)(H2,27,31)/t17-,18-,19-/m0/s1. The van der Waals surface area contributed by atoms with E-state index in [2.05, 4.69) is 0 Å². The van der Waals surface area contributed by atoms with E-state index in [0.29, 0.717) is 6.42 Å². The molecule has 3 atom stereocenters. The van der Waals surface area contributed by atoms with Gasteiger partial charge in [0, 0.05) is 18.9 Å². The molecule has 2 aliphatic rings. The molecule has 0 bridgehead atoms. The zero-order valence-electron chi connectivity index (χ0n) is 21.3. The fourth-order valence-corrected chi connectivity index (χ4v) is 4.49. The van der Waals surface area contributed by atoms with E-state index in [9.17, 15) is 19.2 Å². The number of rotatable bonds is 3. The van der Waals surface area contributed by atoms with Crippen molar-refractivity contribution in [1.82, 2.24) is 9.80 Å². The van der Waals surface area contributed by atoms with Crippen LogP contribution in [0.1, 0.15) is 70.6 Å². The van der Waals surface area contributed by atoms with Crippen LogP contribution < -0.4 is 11.5 Å². The van der Waals surface area contributed by atoms with E-state index < -0.39 is 47.3 Å². The monoisotopic (exact) mass is 488 g/mol. The smallest absolute Gasteiger partial charge is 0.411 e. The summed E-state index contributed by atoms with van der Waals surface area (Å²) >= 11 is 0. The van der Waals surface area contributed by atoms with E-state index in [1.807, 2.05) is 18.2 Å². The summed E-state index contributed by atoms with van der Waals surface area (Å²) in [6.45, 7) is 11.0. The van der Waals surface area contributed by atoms with E-state index in [-0.39, 0.29) is 25.4 Å². The highest BCUT2D eigenvalue weighted by atomic mass is 16.6. The molecule has 0 aliphatic carbocycles. The molecule has 0 unspecified atom stereocenters. The number of primary amides is 2. The van der Waals surface area contributed by atoms with Gasteiger partial charge in [-0.05, 0) is 64.7 Å². The Balaban J connectivity index is 1.86. The van der Waals surface area contributed by atoms with Crippen LogP contribution in [0, 0.1) is 0 Å². The average molecular weight is 489 g/mol. The first-order valence-electron chi connectivity index (χ1n) is 11.8. The number of carbonyl (C=O) groups excluding carboxylic acids is 4. The van der Waals surface area contributed by atoms with Gasteiger partial charge in [0.1, 0.15) is 23.3 Å². The first kappa shape index (κ1) is 26.3. The minimum Gasteiger partial charge on any atom is -0.444 e. The molecule has 0 aromatic heterocycles. The van der Waals surface area contributed by atoms with Crippen LogP contribution in [0.4, 0.5) is 9.59 Å². The summed E-state index contributed by atoms with van der Waals surface area (Å²) in [5.41, 5.74) is 12.4. The van der Waals surface area contributed by atoms with Crippen molar-refractivity contribution in [2.45, 2.75) is 90.1 Å². The molecule has 35 heavy (non-hydrogen) atoms. The van der Waals surface area contributed by atoms with Gasteiger partial charge < -0.3 is 20.9 Å². The number of nitrogens with zero attached hydrogens (tertiary/aromatic N) is 2. The van der Waals surface area contributed by atoms with E-state index in [4.69, 9.17) is 20.9 Å². The number of likely N-dealkylation sites (tertiary alicyclic amines) is 1. The van der Waals surface area contributed by atoms with Crippen molar-refractivity contribution < 1.29 is 28.7 Å². The van der Waals surface area contributed by atoms with Gasteiger partial charge in [-0.25, -0.2) is 9.59 Å². The maximum absolute atomic E-state index is 12.8. The molecular formula is C25H36N4O6. The molecule has 1 saturated heterocycles. The number of benzene rings is 1. The third-order valence-corrected chi connectivity index (χ3v) is 6.05. The number of ether oxygens (including phenoxy) is 2. The summed E-state index contributed by atoms with van der Waals surface area (Å²) < 4.78 is 11.0. The molecule has 10 nitrogen and oxygen atoms in total. The van der Waals surface area contributed by atoms with Crippen molar-refractivity contribution in [3.63, 3.8) is 0 Å². The van der Waals surface area contributed by atoms with Crippen LogP contribution in [-0.2, 0) is 32.0 Å². The number of carbonyl (C=O) groups is 4. The lowest BCUT2D eigenvalue weighted by atomic mass is 9.88. The molecule has 1 fully saturated rings. The van der Waals surface area contributed by atoms with Gasteiger partial charge in [-0.15, -0.1) is 0 Å². The van der Waals surface area contributed by atoms with Crippen LogP contribution in [0.2, 0.25) is 0 Å². The number of hydrogen-bond donors (Lipinski definition) is 2. The van der Waals surface area contributed by atoms with Crippen LogP contribution in [-0.4, -0.2) is 63.6 Å². The maximum Gasteiger partial charge on any atom is 0.411 e. The molecule has 192 valence electrons. The second-order valence-electron chi connectivity index (χ2n) is 11.2. The summed E-state index contributed by atoms with van der Waals surface area (Å²) in [6, 6.07) is 4.19. The van der Waals surface area contributed by atoms with Crippen molar-refractivity contribution in [1.29, 1.82) is 0 Å². The van der Waals surface area contributed by atoms with Crippen LogP contribution in [0.3, 0.4) is 0 Å². The van der Waals surface area contributed by atoms with Gasteiger partial charge >= 0.3 is 12.2 Å². The summed E-state index contributed by atoms with van der Waals surface area (Å²) in [6.07, 6.45) is -0.541. The summed E-state index contributed by atoms with van der Waals surface area (Å²) in [5.74, 6) is -1.33. The van der Waals surface area contributed by atoms with Gasteiger partial charge in [0.2, 0.25) is 11.8 Å². The van der Waals surface area contributed by atoms with Crippen LogP contribution in [0.15, 0.2) is 18.2 Å². The first-order valence-corrected chi connectivity index (χ1v) is 11.8. The molecule has 3 rings (SSSR count). The predicted molar refractivity (Wildman–Crippen MR) is 128 cm³/mol. The Bertz CT molecular complexity index is 1030. The van der Waals surface area contributed by atoms with Crippen LogP contribution in [0.5, 0.6) is 0 Å². The molecule has 1 aromatic carbocycles. The molecule has 4 N–H and O–H groups in total. The zero-order valence-corrected chi connectivity index (χ0v) is 21.3. The highest BCUT2D eigenvalue weighted by Crippen LogP contribution is 2.35. The van der Waals surface area contributed by atoms with Crippen molar-refractivity contribution in [3.8, 4) is 0 Å². The maximum atomic E-state index is 12.8. The van der Waals surface area contributed by atoms with Gasteiger partial charge in [0.15, 0.2) is 0 Å². The molecule has 0 saturated carbocycles. The van der Waals surface area contributed by atoms with Crippen molar-refractivity contribution in [2.24, 2.45) is 11.5 Å². The Kier molecular flexibility index (Phi) is 7.06. The third-order valence-electron chi connectivity index (χ3n) is 6.05. The lowest BCUT2D eigenvalue weighted by molar-refractivity contribution is -0.124. The highest BCUT2D eigenvalue weighted by molar-refractivity contribution is 5.86. The number of amides is 4. The van der Waals surface area contributed by atoms with E-state index in [1.54, 1.807) is 41.5 Å². The fraction of sp³-hybridized carbons (Fsp3) is 0.600. The van der Waals surface area contributed by atoms with E-state index in [0.717, 1.165) is 16.7 Å². The van der Waals surface area contributed by atoms with Gasteiger partial charge in [0.05, 0.1) is 6.54 Å². The quantitative estimate of drug-likeness (QED) is 0.668. The Hall–Kier alpha value is -3.30. The van der Waals surface area contributed by atoms with Gasteiger partial charge in [-0.3, -0.25) is 19.4 Å². The molecule has 2 heterocycles. The van der Waals surface area contributed by atoms with Crippen molar-refractivity contribution in [3.05, 3.63) is 34.9 Å². The van der Waals surface area contributed by atoms with E-state index in [1.165, 1.54) is 9.80 Å². The summed E-state index contributed by atoms with van der Waals surface area (Å²) in [4.78, 5) is 52.5. The van der Waals surface area contributed by atoms with Gasteiger partial charge in [-0.2, -0.15) is 0 Å². The number of nitrogens with two attached hydrogens (primary N) is 2. The normalized spacial score (nSPS) is 22.4. The predicted octanol–water partition coefficient (Wildman–Crippen LogP) is 2.41. The fourth-order valence-electron chi connectivity index (χ4n) is 4.49. The van der Waals surface area contributed by atoms with Crippen molar-refractivity contribution >= 4 is 24.0 Å². The molecule has 2 aliphatic heterocycles. The summed E-state index contributed by atoms with van der Waals surface area (Å²) in [5, 5.41) is 0. The molecule has 4 amide bonds. The first-order chi connectivity index (χ1) is 16.1. The minimum atomic E-state index is -0.809. The molecular weight excluding hydrogens is 452 g/mol. The Labute approximate surface area is 205 Å². The SMILES string of the molecule is CC(C)(C)OC(=O)N1Cc2cc([C@H]3C[C@@H](C(N)=O)N(C(=O)OC(C)(C)C)C3)ccc2C[C@H]1C(N)=O. The number of hydrogen-bond acceptors (Lipinski definition) is 6. The second-order valence-corrected chi connectivity index (χ2v) is 11.2. The molecule has 1 aromatic rings. The van der Waals surface area contributed by atoms with Crippen molar-refractivity contribution in [2.75, 3.05) is 6.54 Å². The lowest BCUT2D eigenvalue weighted by Crippen LogP contribution is -2.52. The molecule has 0 radical (unpaired) electrons. The average Bonchev–Trinajstić information content (AvgIpc) is 3.16. The Morgan fingerprint density at radius 1 is 0.829 bits per heavy atom. The second kappa shape index (κ2) is 9.39. The van der Waals surface area contributed by atoms with E-state index >= 15 is 0 Å². The van der Waals surface area contributed by atoms with Gasteiger partial charge in [-0.1, -0.05) is 18.2 Å².